The molecule has 0 aromatic carbocycles. The summed E-state index contributed by atoms with van der Waals surface area (Å²) in [4.78, 5) is 76.1. The van der Waals surface area contributed by atoms with Crippen LogP contribution in [0.25, 0.3) is 10.7 Å². The van der Waals surface area contributed by atoms with Gasteiger partial charge < -0.3 is 49.9 Å². The number of ether oxygens (including phenoxy) is 4. The molecule has 3 aliphatic heterocycles. The van der Waals surface area contributed by atoms with E-state index in [2.05, 4.69) is 20.4 Å². The van der Waals surface area contributed by atoms with Gasteiger partial charge in [0.1, 0.15) is 28.2 Å². The average molecular weight is 1110 g/mol. The molecule has 2 amide bonds. The molecule has 5 N–H and O–H groups in total. The van der Waals surface area contributed by atoms with Crippen molar-refractivity contribution in [2.75, 3.05) is 26.0 Å². The summed E-state index contributed by atoms with van der Waals surface area (Å²) < 4.78 is 41.1. The number of carbonyl (C=O) groups excluding carboxylic acids is 4. The van der Waals surface area contributed by atoms with Crippen molar-refractivity contribution in [3.63, 3.8) is 0 Å². The number of esters is 1. The van der Waals surface area contributed by atoms with Crippen molar-refractivity contribution >= 4 is 74.7 Å². The number of nitrogens with zero attached hydrogens (tertiary/aromatic N) is 5. The number of ketones is 1. The molecule has 3 saturated heterocycles. The molecule has 0 spiro atoms. The van der Waals surface area contributed by atoms with Gasteiger partial charge in [-0.3, -0.25) is 14.4 Å². The summed E-state index contributed by atoms with van der Waals surface area (Å²) in [6.45, 7) is 16.4. The normalized spacial score (nSPS) is 35.5. The van der Waals surface area contributed by atoms with Gasteiger partial charge in [0, 0.05) is 35.4 Å². The second-order valence-corrected chi connectivity index (χ2v) is 22.4. The zero-order chi connectivity index (χ0) is 52.0. The monoisotopic (exact) mass is 1110 g/mol. The van der Waals surface area contributed by atoms with E-state index in [4.69, 9.17) is 34.5 Å². The molecule has 0 aliphatic carbocycles. The van der Waals surface area contributed by atoms with Gasteiger partial charge in [-0.2, -0.15) is 0 Å². The van der Waals surface area contributed by atoms with Gasteiger partial charge in [0.2, 0.25) is 11.8 Å². The first-order chi connectivity index (χ1) is 32.7. The zero-order valence-electron chi connectivity index (χ0n) is 42.4. The Kier molecular flexibility index (Phi) is 19.8. The molecular formula is C49H73FIN7O11S. The number of aromatic nitrogens is 2. The lowest BCUT2D eigenvalue weighted by molar-refractivity contribution is -0.296. The number of oxime groups is 1. The Bertz CT molecular complexity index is 2230. The number of aliphatic hydroxyl groups excluding tert-OH is 1. The molecule has 2 aromatic rings. The average Bonchev–Trinajstić information content (AvgIpc) is 3.76. The maximum absolute atomic E-state index is 16.9. The van der Waals surface area contributed by atoms with Crippen LogP contribution in [0.15, 0.2) is 33.7 Å². The minimum absolute atomic E-state index is 0.0281. The Hall–Kier alpha value is -3.42. The lowest BCUT2D eigenvalue weighted by Crippen LogP contribution is -2.61. The van der Waals surface area contributed by atoms with Gasteiger partial charge in [-0.15, -0.1) is 11.3 Å². The lowest BCUT2D eigenvalue weighted by atomic mass is 9.70. The van der Waals surface area contributed by atoms with Crippen molar-refractivity contribution in [2.24, 2.45) is 45.5 Å². The maximum atomic E-state index is 16.9. The fourth-order valence-corrected chi connectivity index (χ4v) is 11.2. The second-order valence-electron chi connectivity index (χ2n) is 20.4. The van der Waals surface area contributed by atoms with Gasteiger partial charge in [-0.05, 0) is 126 Å². The topological polar surface area (TPSA) is 247 Å². The molecule has 5 heterocycles. The predicted octanol–water partition coefficient (Wildman–Crippen LogP) is 6.43. The number of rotatable bonds is 12. The summed E-state index contributed by atoms with van der Waals surface area (Å²) in [6.07, 6.45) is -2.88. The molecule has 5 rings (SSSR count). The number of aliphatic imine (C=N–C) groups is 1. The fraction of sp³-hybridized carbons (Fsp3) is 0.714. The molecule has 0 unspecified atom stereocenters. The third-order valence-electron chi connectivity index (χ3n) is 13.7. The molecule has 18 nitrogen and oxygen atoms in total. The number of anilines is 1. The number of pyridine rings is 1. The SMILES string of the molecule is CCC(=O)/N=C1\[C@H](C)C[C@@]2(C)OC/C(=N/OCc3csc(-c4cccc(NC(=O)[C@@H](N)CC(C)C)n4)n3)CC[C@H]([C@H]1C)[C@](C)(O)[C@@H](I)OC(=O)[C@@](C)(F)C(=O)[C@H](C)[C@H]2O[C@@H]1O[C@H](C)C[C@H](N(C)C)[C@H]1O. The number of nitrogens with two attached hydrogens (primary N) is 1. The summed E-state index contributed by atoms with van der Waals surface area (Å²) >= 11 is 3.06. The maximum Gasteiger partial charge on any atom is 0.352 e. The van der Waals surface area contributed by atoms with Crippen LogP contribution in [0, 0.1) is 29.6 Å². The molecule has 3 aliphatic rings. The number of thiazole rings is 1. The van der Waals surface area contributed by atoms with Gasteiger partial charge in [-0.25, -0.2) is 24.1 Å². The highest BCUT2D eigenvalue weighted by molar-refractivity contribution is 14.1. The lowest BCUT2D eigenvalue weighted by Gasteiger charge is -2.47. The number of halogens is 2. The highest BCUT2D eigenvalue weighted by Crippen LogP contribution is 2.44. The first kappa shape index (κ1) is 57.5. The molecule has 70 heavy (non-hydrogen) atoms. The number of Topliss-reactive ketones (excluding diaryl/α,β-unsaturated/α-hetero) is 1. The number of carbonyl (C=O) groups is 4. The first-order valence-corrected chi connectivity index (χ1v) is 26.2. The standard InChI is InChI=1S/C49H73FIN7O11S/c1-13-37(59)56-38-26(4)21-47(8)41(68-44-39(60)35(58(11)12)20-27(5)67-44)29(7)40(61)48(9,50)46(63)69-45(51)49(10,64)32(28(38)6)18-17-30(22-65-47)57-66-23-31-24-70-43(53-31)34-15-14-16-36(54-34)55-42(62)33(52)19-25(2)3/h14-16,24-29,32-33,35,39,41,44-45,60,64H,13,17-23,52H2,1-12H3,(H,54,55,62)/b56-38+,57-30+/t26-,27-,28-,29+,32-,33+,35+,39-,41-,44+,45+,47-,48+,49+/m1/s1. The summed E-state index contributed by atoms with van der Waals surface area (Å²) in [7, 11) is 3.64. The van der Waals surface area contributed by atoms with Crippen LogP contribution >= 0.6 is 33.9 Å². The van der Waals surface area contributed by atoms with Crippen molar-refractivity contribution < 1.29 is 57.6 Å². The summed E-state index contributed by atoms with van der Waals surface area (Å²) in [6, 6.07) is 4.11. The number of likely N-dealkylation sites (N-methyl/N-ethyl adjacent to an activating group) is 1. The van der Waals surface area contributed by atoms with Crippen LogP contribution in [0.5, 0.6) is 0 Å². The molecule has 0 radical (unpaired) electrons. The van der Waals surface area contributed by atoms with E-state index in [0.717, 1.165) is 6.92 Å². The van der Waals surface area contributed by atoms with Crippen molar-refractivity contribution in [1.82, 2.24) is 14.9 Å². The molecule has 14 atom stereocenters. The van der Waals surface area contributed by atoms with Crippen molar-refractivity contribution in [3.05, 3.63) is 29.3 Å². The number of fused-ring (bicyclic) bond motifs is 5. The Balaban J connectivity index is 1.57. The number of hydrogen-bond acceptors (Lipinski definition) is 17. The van der Waals surface area contributed by atoms with Gasteiger partial charge in [-0.1, -0.05) is 52.8 Å². The van der Waals surface area contributed by atoms with Crippen LogP contribution < -0.4 is 11.1 Å². The van der Waals surface area contributed by atoms with Crippen molar-refractivity contribution in [1.29, 1.82) is 0 Å². The van der Waals surface area contributed by atoms with E-state index >= 15 is 4.39 Å². The Morgan fingerprint density at radius 1 is 1.13 bits per heavy atom. The smallest absolute Gasteiger partial charge is 0.352 e. The van der Waals surface area contributed by atoms with E-state index < -0.39 is 99.0 Å². The van der Waals surface area contributed by atoms with Crippen LogP contribution in [0.2, 0.25) is 0 Å². The summed E-state index contributed by atoms with van der Waals surface area (Å²) in [5.74, 6) is -6.29. The van der Waals surface area contributed by atoms with Crippen molar-refractivity contribution in [3.8, 4) is 10.7 Å². The highest BCUT2D eigenvalue weighted by Gasteiger charge is 2.56. The summed E-state index contributed by atoms with van der Waals surface area (Å²) in [5.41, 5.74) is 1.30. The first-order valence-electron chi connectivity index (χ1n) is 24.1. The second kappa shape index (κ2) is 24.1. The Morgan fingerprint density at radius 3 is 2.49 bits per heavy atom. The predicted molar refractivity (Wildman–Crippen MR) is 272 cm³/mol. The third-order valence-corrected chi connectivity index (χ3v) is 16.1. The van der Waals surface area contributed by atoms with E-state index in [9.17, 15) is 29.4 Å². The number of cyclic esters (lactones) is 1. The van der Waals surface area contributed by atoms with E-state index in [1.54, 1.807) is 60.0 Å². The van der Waals surface area contributed by atoms with E-state index in [1.807, 2.05) is 53.6 Å². The largest absolute Gasteiger partial charge is 0.446 e. The zero-order valence-corrected chi connectivity index (χ0v) is 45.4. The van der Waals surface area contributed by atoms with Crippen LogP contribution in [0.4, 0.5) is 10.2 Å². The molecule has 390 valence electrons. The number of amides is 2. The molecule has 2 aromatic heterocycles. The molecule has 2 bridgehead atoms. The Morgan fingerprint density at radius 2 is 1.83 bits per heavy atom. The van der Waals surface area contributed by atoms with Gasteiger partial charge in [0.25, 0.3) is 5.67 Å². The number of nitrogens with one attached hydrogen (secondary N) is 1. The van der Waals surface area contributed by atoms with Gasteiger partial charge in [0.15, 0.2) is 22.8 Å². The van der Waals surface area contributed by atoms with E-state index in [1.165, 1.54) is 25.2 Å². The van der Waals surface area contributed by atoms with Gasteiger partial charge in [0.05, 0.1) is 41.9 Å². The van der Waals surface area contributed by atoms with Crippen LogP contribution in [-0.4, -0.2) is 138 Å². The van der Waals surface area contributed by atoms with Crippen molar-refractivity contribution in [2.45, 2.75) is 172 Å². The molecular weight excluding hydrogens is 1040 g/mol. The minimum atomic E-state index is -3.21. The number of alkyl halides is 2. The summed E-state index contributed by atoms with van der Waals surface area (Å²) in [5, 5.41) is 33.9. The van der Waals surface area contributed by atoms with E-state index in [-0.39, 0.29) is 50.7 Å². The molecule has 21 heteroatoms. The highest BCUT2D eigenvalue weighted by atomic mass is 127. The molecule has 0 saturated carbocycles. The number of aliphatic hydroxyl groups is 2. The van der Waals surface area contributed by atoms with Crippen LogP contribution in [0.1, 0.15) is 113 Å². The van der Waals surface area contributed by atoms with Crippen LogP contribution in [0.3, 0.4) is 0 Å². The van der Waals surface area contributed by atoms with Gasteiger partial charge >= 0.3 is 5.97 Å². The quantitative estimate of drug-likeness (QED) is 0.0588. The van der Waals surface area contributed by atoms with E-state index in [0.29, 0.717) is 46.5 Å². The number of hydrogen-bond donors (Lipinski definition) is 4. The van der Waals surface area contributed by atoms with Crippen LogP contribution in [-0.2, 0) is 49.6 Å². The minimum Gasteiger partial charge on any atom is -0.446 e. The fourth-order valence-electron chi connectivity index (χ4n) is 9.71. The molecule has 3 fully saturated rings. The third kappa shape index (κ3) is 13.8. The Labute approximate surface area is 428 Å².